The van der Waals surface area contributed by atoms with Crippen LogP contribution in [0.4, 0.5) is 5.69 Å². The number of anilines is 1. The van der Waals surface area contributed by atoms with Crippen molar-refractivity contribution in [1.82, 2.24) is 0 Å². The minimum absolute atomic E-state index is 0.236. The summed E-state index contributed by atoms with van der Waals surface area (Å²) in [6, 6.07) is 5.58. The molecular weight excluding hydrogens is 274 g/mol. The number of ether oxygens (including phenoxy) is 2. The molecule has 4 nitrogen and oxygen atoms in total. The average molecular weight is 284 g/mol. The van der Waals surface area contributed by atoms with Crippen molar-refractivity contribution >= 4 is 27.5 Å². The van der Waals surface area contributed by atoms with Crippen LogP contribution in [-0.4, -0.2) is 19.1 Å². The molecule has 2 heterocycles. The molecule has 16 heavy (non-hydrogen) atoms. The Labute approximate surface area is 101 Å². The van der Waals surface area contributed by atoms with Gasteiger partial charge in [0.2, 0.25) is 0 Å². The molecule has 1 fully saturated rings. The summed E-state index contributed by atoms with van der Waals surface area (Å²) in [4.78, 5) is 11.9. The maximum absolute atomic E-state index is 11.9. The highest BCUT2D eigenvalue weighted by Gasteiger charge is 2.50. The molecule has 0 bridgehead atoms. The highest BCUT2D eigenvalue weighted by Crippen LogP contribution is 2.42. The van der Waals surface area contributed by atoms with E-state index in [0.29, 0.717) is 13.2 Å². The van der Waals surface area contributed by atoms with Gasteiger partial charge < -0.3 is 14.8 Å². The molecular formula is C11H10BrNO3. The number of amides is 1. The molecule has 2 aliphatic rings. The Morgan fingerprint density at radius 3 is 2.81 bits per heavy atom. The molecule has 1 spiro atoms. The van der Waals surface area contributed by atoms with Crippen LogP contribution in [0.15, 0.2) is 22.7 Å². The van der Waals surface area contributed by atoms with Gasteiger partial charge in [-0.25, -0.2) is 0 Å². The number of fused-ring (bicyclic) bond motifs is 2. The van der Waals surface area contributed by atoms with Gasteiger partial charge in [-0.1, -0.05) is 15.9 Å². The lowest BCUT2D eigenvalue weighted by atomic mass is 10.1. The molecule has 0 unspecified atom stereocenters. The van der Waals surface area contributed by atoms with Crippen molar-refractivity contribution in [3.05, 3.63) is 28.2 Å². The highest BCUT2D eigenvalue weighted by atomic mass is 79.9. The Bertz CT molecular complexity index is 455. The van der Waals surface area contributed by atoms with Crippen molar-refractivity contribution in [1.29, 1.82) is 0 Å². The Morgan fingerprint density at radius 1 is 1.31 bits per heavy atom. The van der Waals surface area contributed by atoms with Crippen LogP contribution in [-0.2, 0) is 20.1 Å². The van der Waals surface area contributed by atoms with Gasteiger partial charge in [-0.3, -0.25) is 4.79 Å². The van der Waals surface area contributed by atoms with E-state index in [-0.39, 0.29) is 5.91 Å². The third-order valence-electron chi connectivity index (χ3n) is 2.78. The molecule has 1 saturated heterocycles. The molecule has 0 radical (unpaired) electrons. The van der Waals surface area contributed by atoms with Gasteiger partial charge in [0.1, 0.15) is 0 Å². The molecule has 1 amide bonds. The zero-order valence-electron chi connectivity index (χ0n) is 8.46. The number of hydrogen-bond acceptors (Lipinski definition) is 3. The second-order valence-electron chi connectivity index (χ2n) is 3.81. The fourth-order valence-electron chi connectivity index (χ4n) is 2.05. The molecule has 3 rings (SSSR count). The summed E-state index contributed by atoms with van der Waals surface area (Å²) in [5, 5.41) is 2.78. The standard InChI is InChI=1S/C11H10BrNO3/c12-7-2-3-8-9(6-7)13-10(14)11(8)15-4-1-5-16-11/h2-3,6H,1,4-5H2,(H,13,14). The van der Waals surface area contributed by atoms with E-state index < -0.39 is 5.79 Å². The first-order chi connectivity index (χ1) is 7.72. The van der Waals surface area contributed by atoms with E-state index in [0.717, 1.165) is 22.1 Å². The number of carbonyl (C=O) groups is 1. The maximum Gasteiger partial charge on any atom is 0.289 e. The monoisotopic (exact) mass is 283 g/mol. The first-order valence-electron chi connectivity index (χ1n) is 5.12. The molecule has 1 aromatic carbocycles. The molecule has 0 aliphatic carbocycles. The van der Waals surface area contributed by atoms with Crippen LogP contribution in [0.5, 0.6) is 0 Å². The van der Waals surface area contributed by atoms with Crippen molar-refractivity contribution < 1.29 is 14.3 Å². The summed E-state index contributed by atoms with van der Waals surface area (Å²) >= 11 is 3.36. The maximum atomic E-state index is 11.9. The zero-order chi connectivity index (χ0) is 11.2. The second-order valence-corrected chi connectivity index (χ2v) is 4.73. The first kappa shape index (κ1) is 10.3. The van der Waals surface area contributed by atoms with E-state index in [9.17, 15) is 4.79 Å². The van der Waals surface area contributed by atoms with Crippen molar-refractivity contribution in [2.24, 2.45) is 0 Å². The van der Waals surface area contributed by atoms with Gasteiger partial charge in [0.15, 0.2) is 0 Å². The minimum Gasteiger partial charge on any atom is -0.338 e. The lowest BCUT2D eigenvalue weighted by Crippen LogP contribution is -2.43. The van der Waals surface area contributed by atoms with Crippen LogP contribution >= 0.6 is 15.9 Å². The number of halogens is 1. The van der Waals surface area contributed by atoms with E-state index in [1.54, 1.807) is 0 Å². The Kier molecular flexibility index (Phi) is 2.27. The van der Waals surface area contributed by atoms with Crippen LogP contribution in [0.1, 0.15) is 12.0 Å². The SMILES string of the molecule is O=C1Nc2cc(Br)ccc2C12OCCCO2. The van der Waals surface area contributed by atoms with E-state index in [1.165, 1.54) is 0 Å². The topological polar surface area (TPSA) is 47.6 Å². The Balaban J connectivity index is 2.11. The van der Waals surface area contributed by atoms with Crippen molar-refractivity contribution in [2.45, 2.75) is 12.2 Å². The predicted molar refractivity (Wildman–Crippen MR) is 61.0 cm³/mol. The summed E-state index contributed by atoms with van der Waals surface area (Å²) in [5.41, 5.74) is 1.52. The van der Waals surface area contributed by atoms with Gasteiger partial charge in [0.05, 0.1) is 18.9 Å². The highest BCUT2D eigenvalue weighted by molar-refractivity contribution is 9.10. The Hall–Kier alpha value is -0.910. The van der Waals surface area contributed by atoms with Gasteiger partial charge in [-0.05, 0) is 24.6 Å². The number of carbonyl (C=O) groups excluding carboxylic acids is 1. The number of rotatable bonds is 0. The molecule has 0 aromatic heterocycles. The number of nitrogens with one attached hydrogen (secondary N) is 1. The molecule has 0 atom stereocenters. The fraction of sp³-hybridized carbons (Fsp3) is 0.364. The fourth-order valence-corrected chi connectivity index (χ4v) is 2.41. The van der Waals surface area contributed by atoms with Crippen LogP contribution in [0.2, 0.25) is 0 Å². The summed E-state index contributed by atoms with van der Waals surface area (Å²) in [6.45, 7) is 1.09. The third-order valence-corrected chi connectivity index (χ3v) is 3.28. The van der Waals surface area contributed by atoms with Gasteiger partial charge in [-0.2, -0.15) is 0 Å². The molecule has 2 aliphatic heterocycles. The summed E-state index contributed by atoms with van der Waals surface area (Å²) in [7, 11) is 0. The summed E-state index contributed by atoms with van der Waals surface area (Å²) in [6.07, 6.45) is 0.820. The van der Waals surface area contributed by atoms with Gasteiger partial charge in [0.25, 0.3) is 11.7 Å². The van der Waals surface area contributed by atoms with Crippen molar-refractivity contribution in [3.63, 3.8) is 0 Å². The number of benzene rings is 1. The van der Waals surface area contributed by atoms with Crippen LogP contribution in [0.3, 0.4) is 0 Å². The minimum atomic E-state index is -1.21. The first-order valence-corrected chi connectivity index (χ1v) is 5.91. The molecule has 1 aromatic rings. The summed E-state index contributed by atoms with van der Waals surface area (Å²) in [5.74, 6) is -1.45. The molecule has 84 valence electrons. The molecule has 1 N–H and O–H groups in total. The molecule has 0 saturated carbocycles. The largest absolute Gasteiger partial charge is 0.338 e. The second kappa shape index (κ2) is 3.55. The third kappa shape index (κ3) is 1.32. The summed E-state index contributed by atoms with van der Waals surface area (Å²) < 4.78 is 12.0. The van der Waals surface area contributed by atoms with Crippen molar-refractivity contribution in [3.8, 4) is 0 Å². The van der Waals surface area contributed by atoms with Gasteiger partial charge in [0, 0.05) is 10.0 Å². The van der Waals surface area contributed by atoms with Gasteiger partial charge >= 0.3 is 0 Å². The van der Waals surface area contributed by atoms with Crippen LogP contribution in [0.25, 0.3) is 0 Å². The quantitative estimate of drug-likeness (QED) is 0.792. The van der Waals surface area contributed by atoms with Crippen LogP contribution in [0, 0.1) is 0 Å². The van der Waals surface area contributed by atoms with Gasteiger partial charge in [-0.15, -0.1) is 0 Å². The van der Waals surface area contributed by atoms with E-state index in [1.807, 2.05) is 18.2 Å². The predicted octanol–water partition coefficient (Wildman–Crippen LogP) is 1.99. The zero-order valence-corrected chi connectivity index (χ0v) is 10.0. The van der Waals surface area contributed by atoms with E-state index in [2.05, 4.69) is 21.2 Å². The van der Waals surface area contributed by atoms with E-state index >= 15 is 0 Å². The normalized spacial score (nSPS) is 21.9. The average Bonchev–Trinajstić information content (AvgIpc) is 2.53. The van der Waals surface area contributed by atoms with E-state index in [4.69, 9.17) is 9.47 Å². The Morgan fingerprint density at radius 2 is 2.06 bits per heavy atom. The molecule has 5 heteroatoms. The van der Waals surface area contributed by atoms with Crippen LogP contribution < -0.4 is 5.32 Å². The lowest BCUT2D eigenvalue weighted by molar-refractivity contribution is -0.255. The smallest absolute Gasteiger partial charge is 0.289 e. The number of hydrogen-bond donors (Lipinski definition) is 1. The lowest BCUT2D eigenvalue weighted by Gasteiger charge is -2.31. The van der Waals surface area contributed by atoms with Crippen molar-refractivity contribution in [2.75, 3.05) is 18.5 Å².